The van der Waals surface area contributed by atoms with Crippen LogP contribution in [0.2, 0.25) is 0 Å². The van der Waals surface area contributed by atoms with Gasteiger partial charge in [-0.2, -0.15) is 0 Å². The van der Waals surface area contributed by atoms with Gasteiger partial charge >= 0.3 is 0 Å². The molecule has 0 saturated heterocycles. The fourth-order valence-corrected chi connectivity index (χ4v) is 3.19. The first-order valence-corrected chi connectivity index (χ1v) is 8.01. The van der Waals surface area contributed by atoms with Crippen molar-refractivity contribution in [3.05, 3.63) is 90.5 Å². The molecular formula is C21H15NS. The van der Waals surface area contributed by atoms with Crippen LogP contribution in [0.3, 0.4) is 0 Å². The summed E-state index contributed by atoms with van der Waals surface area (Å²) in [6.45, 7) is 0. The molecule has 23 heavy (non-hydrogen) atoms. The molecule has 0 saturated carbocycles. The molecule has 0 aliphatic carbocycles. The Labute approximate surface area is 140 Å². The molecule has 1 nitrogen and oxygen atoms in total. The average Bonchev–Trinajstić information content (AvgIpc) is 2.62. The van der Waals surface area contributed by atoms with Crippen LogP contribution in [0.4, 0.5) is 5.69 Å². The van der Waals surface area contributed by atoms with Crippen LogP contribution >= 0.6 is 12.2 Å². The summed E-state index contributed by atoms with van der Waals surface area (Å²) in [7, 11) is 0. The number of rotatable bonds is 2. The van der Waals surface area contributed by atoms with Crippen LogP contribution in [-0.4, -0.2) is 4.99 Å². The van der Waals surface area contributed by atoms with Crippen molar-refractivity contribution < 1.29 is 0 Å². The van der Waals surface area contributed by atoms with Gasteiger partial charge in [-0.1, -0.05) is 91.1 Å². The quantitative estimate of drug-likeness (QED) is 0.372. The molecule has 0 aliphatic heterocycles. The summed E-state index contributed by atoms with van der Waals surface area (Å²) in [6, 6.07) is 29.1. The van der Waals surface area contributed by atoms with E-state index in [0.29, 0.717) is 0 Å². The van der Waals surface area contributed by atoms with E-state index in [0.717, 1.165) is 16.2 Å². The molecule has 0 unspecified atom stereocenters. The van der Waals surface area contributed by atoms with Crippen molar-refractivity contribution in [3.8, 4) is 0 Å². The van der Waals surface area contributed by atoms with Crippen LogP contribution in [0, 0.1) is 0 Å². The van der Waals surface area contributed by atoms with E-state index in [1.165, 1.54) is 21.5 Å². The molecule has 0 fully saturated rings. The van der Waals surface area contributed by atoms with Gasteiger partial charge in [0.25, 0.3) is 0 Å². The summed E-state index contributed by atoms with van der Waals surface area (Å²) in [5.41, 5.74) is 2.08. The molecule has 0 heterocycles. The molecule has 0 aromatic heterocycles. The Morgan fingerprint density at radius 3 is 2.04 bits per heavy atom. The second-order valence-corrected chi connectivity index (χ2v) is 5.92. The molecular weight excluding hydrogens is 298 g/mol. The van der Waals surface area contributed by atoms with Crippen LogP contribution in [0.5, 0.6) is 0 Å². The maximum Gasteiger partial charge on any atom is 0.111 e. The van der Waals surface area contributed by atoms with Gasteiger partial charge in [0.15, 0.2) is 0 Å². The van der Waals surface area contributed by atoms with Crippen LogP contribution in [0.25, 0.3) is 21.5 Å². The molecule has 4 aromatic rings. The van der Waals surface area contributed by atoms with E-state index in [-0.39, 0.29) is 0 Å². The largest absolute Gasteiger partial charge is 0.346 e. The van der Waals surface area contributed by atoms with E-state index in [2.05, 4.69) is 59.9 Å². The number of thiocarbonyl (C=S) groups is 1. The Kier molecular flexibility index (Phi) is 3.52. The predicted octanol–water partition coefficient (Wildman–Crippen LogP) is 5.78. The highest BCUT2D eigenvalue weighted by atomic mass is 32.1. The summed E-state index contributed by atoms with van der Waals surface area (Å²) in [5.74, 6) is 0. The van der Waals surface area contributed by atoms with Crippen LogP contribution < -0.4 is 5.32 Å². The van der Waals surface area contributed by atoms with Crippen molar-refractivity contribution in [3.63, 3.8) is 0 Å². The third-order valence-electron chi connectivity index (χ3n) is 4.05. The molecule has 0 spiro atoms. The van der Waals surface area contributed by atoms with E-state index >= 15 is 0 Å². The SMILES string of the molecule is S=C(Nc1cc2ccccc2c2ccccc12)c1ccccc1. The van der Waals surface area contributed by atoms with Crippen LogP contribution in [-0.2, 0) is 0 Å². The maximum atomic E-state index is 5.58. The minimum Gasteiger partial charge on any atom is -0.346 e. The number of nitrogens with one attached hydrogen (secondary N) is 1. The van der Waals surface area contributed by atoms with Crippen LogP contribution in [0.1, 0.15) is 5.56 Å². The van der Waals surface area contributed by atoms with E-state index in [1.54, 1.807) is 0 Å². The first-order valence-electron chi connectivity index (χ1n) is 7.60. The lowest BCUT2D eigenvalue weighted by atomic mass is 10.00. The van der Waals surface area contributed by atoms with E-state index in [1.807, 2.05) is 30.3 Å². The first-order chi connectivity index (χ1) is 11.3. The Balaban J connectivity index is 1.87. The Morgan fingerprint density at radius 1 is 0.652 bits per heavy atom. The number of hydrogen-bond donors (Lipinski definition) is 1. The molecule has 4 rings (SSSR count). The van der Waals surface area contributed by atoms with Crippen molar-refractivity contribution in [2.75, 3.05) is 5.32 Å². The van der Waals surface area contributed by atoms with Gasteiger partial charge in [0.05, 0.1) is 0 Å². The predicted molar refractivity (Wildman–Crippen MR) is 103 cm³/mol. The first kappa shape index (κ1) is 13.9. The molecule has 2 heteroatoms. The third-order valence-corrected chi connectivity index (χ3v) is 4.39. The highest BCUT2D eigenvalue weighted by molar-refractivity contribution is 7.81. The number of hydrogen-bond acceptors (Lipinski definition) is 1. The van der Waals surface area contributed by atoms with Gasteiger partial charge in [-0.05, 0) is 22.2 Å². The van der Waals surface area contributed by atoms with Crippen molar-refractivity contribution in [2.24, 2.45) is 0 Å². The van der Waals surface area contributed by atoms with Crippen molar-refractivity contribution >= 4 is 44.4 Å². The summed E-state index contributed by atoms with van der Waals surface area (Å²) in [4.78, 5) is 0.742. The monoisotopic (exact) mass is 313 g/mol. The Bertz CT molecular complexity index is 1010. The van der Waals surface area contributed by atoms with Gasteiger partial charge in [0.2, 0.25) is 0 Å². The molecule has 1 N–H and O–H groups in total. The normalized spacial score (nSPS) is 10.8. The molecule has 0 atom stereocenters. The number of anilines is 1. The second-order valence-electron chi connectivity index (χ2n) is 5.51. The maximum absolute atomic E-state index is 5.58. The fraction of sp³-hybridized carbons (Fsp3) is 0. The minimum absolute atomic E-state index is 0.742. The van der Waals surface area contributed by atoms with Gasteiger partial charge in [-0.25, -0.2) is 0 Å². The van der Waals surface area contributed by atoms with Gasteiger partial charge < -0.3 is 5.32 Å². The zero-order valence-corrected chi connectivity index (χ0v) is 13.3. The lowest BCUT2D eigenvalue weighted by Crippen LogP contribution is -2.10. The van der Waals surface area contributed by atoms with E-state index < -0.39 is 0 Å². The highest BCUT2D eigenvalue weighted by Crippen LogP contribution is 2.32. The lowest BCUT2D eigenvalue weighted by molar-refractivity contribution is 1.64. The average molecular weight is 313 g/mol. The molecule has 4 aromatic carbocycles. The van der Waals surface area contributed by atoms with Crippen molar-refractivity contribution in [1.82, 2.24) is 0 Å². The van der Waals surface area contributed by atoms with Gasteiger partial charge in [-0.3, -0.25) is 0 Å². The van der Waals surface area contributed by atoms with Crippen molar-refractivity contribution in [2.45, 2.75) is 0 Å². The molecule has 110 valence electrons. The fourth-order valence-electron chi connectivity index (χ4n) is 2.94. The zero-order valence-electron chi connectivity index (χ0n) is 12.5. The van der Waals surface area contributed by atoms with E-state index in [9.17, 15) is 0 Å². The summed E-state index contributed by atoms with van der Waals surface area (Å²) in [5, 5.41) is 8.33. The number of benzene rings is 4. The van der Waals surface area contributed by atoms with Crippen molar-refractivity contribution in [1.29, 1.82) is 0 Å². The van der Waals surface area contributed by atoms with Gasteiger partial charge in [0.1, 0.15) is 4.99 Å². The molecule has 0 amide bonds. The minimum atomic E-state index is 0.742. The highest BCUT2D eigenvalue weighted by Gasteiger charge is 2.08. The summed E-state index contributed by atoms with van der Waals surface area (Å²) in [6.07, 6.45) is 0. The summed E-state index contributed by atoms with van der Waals surface area (Å²) >= 11 is 5.58. The Morgan fingerprint density at radius 2 is 1.26 bits per heavy atom. The standard InChI is InChI=1S/C21H15NS/c23-21(15-8-2-1-3-9-15)22-20-14-16-10-4-5-11-17(16)18-12-6-7-13-19(18)20/h1-14H,(H,22,23). The smallest absolute Gasteiger partial charge is 0.111 e. The Hall–Kier alpha value is -2.71. The van der Waals surface area contributed by atoms with Crippen LogP contribution in [0.15, 0.2) is 84.9 Å². The molecule has 0 bridgehead atoms. The van der Waals surface area contributed by atoms with E-state index in [4.69, 9.17) is 12.2 Å². The lowest BCUT2D eigenvalue weighted by Gasteiger charge is -2.13. The molecule has 0 radical (unpaired) electrons. The topological polar surface area (TPSA) is 12.0 Å². The third kappa shape index (κ3) is 2.58. The van der Waals surface area contributed by atoms with Gasteiger partial charge in [0, 0.05) is 16.6 Å². The zero-order chi connectivity index (χ0) is 15.6. The molecule has 0 aliphatic rings. The number of fused-ring (bicyclic) bond motifs is 3. The second kappa shape index (κ2) is 5.82. The van der Waals surface area contributed by atoms with Gasteiger partial charge in [-0.15, -0.1) is 0 Å². The summed E-state index contributed by atoms with van der Waals surface area (Å²) < 4.78 is 0.